The minimum absolute atomic E-state index is 0.417. The second-order valence-corrected chi connectivity index (χ2v) is 5.92. The van der Waals surface area contributed by atoms with E-state index in [4.69, 9.17) is 5.73 Å². The molecule has 0 saturated heterocycles. The van der Waals surface area contributed by atoms with Crippen LogP contribution in [0.1, 0.15) is 16.0 Å². The molecule has 0 fully saturated rings. The third-order valence-electron chi connectivity index (χ3n) is 2.43. The fourth-order valence-electron chi connectivity index (χ4n) is 1.56. The summed E-state index contributed by atoms with van der Waals surface area (Å²) in [6, 6.07) is 10.6. The Balaban J connectivity index is 2.04. The number of benzene rings is 1. The highest BCUT2D eigenvalue weighted by atomic mass is 32.2. The maximum atomic E-state index is 5.40. The lowest BCUT2D eigenvalue weighted by molar-refractivity contribution is 1.30. The first-order valence-electron chi connectivity index (χ1n) is 5.74. The van der Waals surface area contributed by atoms with E-state index in [1.165, 1.54) is 15.3 Å². The monoisotopic (exact) mass is 273 g/mol. The minimum Gasteiger partial charge on any atom is -0.320 e. The molecular formula is C15H15NS2. The summed E-state index contributed by atoms with van der Waals surface area (Å²) in [7, 11) is 0. The molecule has 0 atom stereocenters. The van der Waals surface area contributed by atoms with Crippen LogP contribution in [0.15, 0.2) is 40.6 Å². The zero-order valence-electron chi connectivity index (χ0n) is 10.3. The van der Waals surface area contributed by atoms with Crippen LogP contribution >= 0.6 is 23.1 Å². The Hall–Kier alpha value is -1.21. The topological polar surface area (TPSA) is 26.0 Å². The number of thiophene rings is 1. The molecule has 2 rings (SSSR count). The van der Waals surface area contributed by atoms with E-state index in [1.807, 2.05) is 11.8 Å². The molecule has 1 aromatic heterocycles. The molecule has 0 saturated carbocycles. The first-order chi connectivity index (χ1) is 8.79. The van der Waals surface area contributed by atoms with Crippen LogP contribution in [0.5, 0.6) is 0 Å². The van der Waals surface area contributed by atoms with E-state index in [9.17, 15) is 0 Å². The highest BCUT2D eigenvalue weighted by Crippen LogP contribution is 2.27. The van der Waals surface area contributed by atoms with E-state index in [-0.39, 0.29) is 0 Å². The Bertz CT molecular complexity index is 575. The molecule has 0 radical (unpaired) electrons. The van der Waals surface area contributed by atoms with E-state index < -0.39 is 0 Å². The molecule has 1 heterocycles. The van der Waals surface area contributed by atoms with Gasteiger partial charge in [0.15, 0.2) is 0 Å². The Morgan fingerprint density at radius 1 is 1.33 bits per heavy atom. The lowest BCUT2D eigenvalue weighted by atomic mass is 10.2. The molecule has 0 unspecified atom stereocenters. The standard InChI is InChI=1S/C15H15NS2/c1-12-4-2-6-14(10-12)18-11-15-13(5-3-8-16)7-9-17-15/h2,4,6-7,9-10H,8,11,16H2,1H3. The highest BCUT2D eigenvalue weighted by molar-refractivity contribution is 7.98. The third-order valence-corrected chi connectivity index (χ3v) is 4.55. The second-order valence-electron chi connectivity index (χ2n) is 3.87. The summed E-state index contributed by atoms with van der Waals surface area (Å²) in [5, 5.41) is 2.09. The van der Waals surface area contributed by atoms with E-state index >= 15 is 0 Å². The number of nitrogens with two attached hydrogens (primary N) is 1. The van der Waals surface area contributed by atoms with Gasteiger partial charge in [-0.15, -0.1) is 23.1 Å². The van der Waals surface area contributed by atoms with Crippen molar-refractivity contribution in [3.05, 3.63) is 51.7 Å². The molecule has 0 bridgehead atoms. The van der Waals surface area contributed by atoms with Crippen LogP contribution in [0.4, 0.5) is 0 Å². The number of hydrogen-bond acceptors (Lipinski definition) is 3. The molecule has 0 aliphatic rings. The first-order valence-corrected chi connectivity index (χ1v) is 7.61. The van der Waals surface area contributed by atoms with Gasteiger partial charge in [0.2, 0.25) is 0 Å². The molecule has 3 heteroatoms. The number of thioether (sulfide) groups is 1. The van der Waals surface area contributed by atoms with Gasteiger partial charge in [0, 0.05) is 21.1 Å². The molecule has 0 amide bonds. The first kappa shape index (κ1) is 13.2. The fraction of sp³-hybridized carbons (Fsp3) is 0.200. The average Bonchev–Trinajstić information content (AvgIpc) is 2.81. The molecule has 18 heavy (non-hydrogen) atoms. The van der Waals surface area contributed by atoms with Crippen molar-refractivity contribution in [2.75, 3.05) is 6.54 Å². The van der Waals surface area contributed by atoms with Gasteiger partial charge in [0.05, 0.1) is 6.54 Å². The zero-order chi connectivity index (χ0) is 12.8. The van der Waals surface area contributed by atoms with Crippen LogP contribution in [0.25, 0.3) is 0 Å². The Labute approximate surface area is 116 Å². The van der Waals surface area contributed by atoms with Gasteiger partial charge in [-0.2, -0.15) is 0 Å². The molecule has 2 N–H and O–H groups in total. The normalized spacial score (nSPS) is 9.89. The molecular weight excluding hydrogens is 258 g/mol. The van der Waals surface area contributed by atoms with Crippen LogP contribution in [0.2, 0.25) is 0 Å². The highest BCUT2D eigenvalue weighted by Gasteiger charge is 2.03. The number of hydrogen-bond donors (Lipinski definition) is 1. The van der Waals surface area contributed by atoms with Crippen molar-refractivity contribution in [2.24, 2.45) is 5.73 Å². The summed E-state index contributed by atoms with van der Waals surface area (Å²) in [6.07, 6.45) is 0. The maximum absolute atomic E-state index is 5.40. The Morgan fingerprint density at radius 2 is 2.22 bits per heavy atom. The van der Waals surface area contributed by atoms with Crippen molar-refractivity contribution < 1.29 is 0 Å². The van der Waals surface area contributed by atoms with Crippen molar-refractivity contribution in [3.8, 4) is 11.8 Å². The smallest absolute Gasteiger partial charge is 0.0555 e. The van der Waals surface area contributed by atoms with Gasteiger partial charge < -0.3 is 5.73 Å². The zero-order valence-corrected chi connectivity index (χ0v) is 11.9. The van der Waals surface area contributed by atoms with Crippen molar-refractivity contribution >= 4 is 23.1 Å². The number of rotatable bonds is 3. The maximum Gasteiger partial charge on any atom is 0.0555 e. The Morgan fingerprint density at radius 3 is 3.00 bits per heavy atom. The van der Waals surface area contributed by atoms with Crippen molar-refractivity contribution in [2.45, 2.75) is 17.6 Å². The van der Waals surface area contributed by atoms with Gasteiger partial charge in [-0.05, 0) is 30.5 Å². The van der Waals surface area contributed by atoms with Crippen molar-refractivity contribution in [1.29, 1.82) is 0 Å². The van der Waals surface area contributed by atoms with Crippen LogP contribution in [-0.2, 0) is 5.75 Å². The molecule has 1 aromatic carbocycles. The summed E-state index contributed by atoms with van der Waals surface area (Å²) < 4.78 is 0. The molecule has 1 nitrogen and oxygen atoms in total. The van der Waals surface area contributed by atoms with Crippen LogP contribution < -0.4 is 5.73 Å². The van der Waals surface area contributed by atoms with E-state index in [2.05, 4.69) is 54.5 Å². The molecule has 0 aliphatic carbocycles. The van der Waals surface area contributed by atoms with E-state index in [0.29, 0.717) is 6.54 Å². The predicted molar refractivity (Wildman–Crippen MR) is 81.0 cm³/mol. The summed E-state index contributed by atoms with van der Waals surface area (Å²) in [4.78, 5) is 2.63. The van der Waals surface area contributed by atoms with Crippen molar-refractivity contribution in [3.63, 3.8) is 0 Å². The summed E-state index contributed by atoms with van der Waals surface area (Å²) in [5.41, 5.74) is 7.82. The second kappa shape index (κ2) is 6.65. The molecule has 0 aliphatic heterocycles. The minimum atomic E-state index is 0.417. The van der Waals surface area contributed by atoms with Gasteiger partial charge in [-0.25, -0.2) is 0 Å². The molecule has 0 spiro atoms. The van der Waals surface area contributed by atoms with Gasteiger partial charge in [-0.1, -0.05) is 29.5 Å². The van der Waals surface area contributed by atoms with Gasteiger partial charge in [-0.3, -0.25) is 0 Å². The lowest BCUT2D eigenvalue weighted by Gasteiger charge is -2.01. The Kier molecular flexibility index (Phi) is 4.89. The van der Waals surface area contributed by atoms with Gasteiger partial charge in [0.25, 0.3) is 0 Å². The molecule has 2 aromatic rings. The fourth-order valence-corrected chi connectivity index (χ4v) is 3.52. The predicted octanol–water partition coefficient (Wildman–Crippen LogP) is 3.66. The van der Waals surface area contributed by atoms with Crippen molar-refractivity contribution in [1.82, 2.24) is 0 Å². The van der Waals surface area contributed by atoms with E-state index in [1.54, 1.807) is 11.3 Å². The van der Waals surface area contributed by atoms with Crippen LogP contribution in [0, 0.1) is 18.8 Å². The van der Waals surface area contributed by atoms with Gasteiger partial charge >= 0.3 is 0 Å². The third kappa shape index (κ3) is 3.64. The van der Waals surface area contributed by atoms with Gasteiger partial charge in [0.1, 0.15) is 0 Å². The SMILES string of the molecule is Cc1cccc(SCc2sccc2C#CCN)c1. The van der Waals surface area contributed by atoms with Crippen LogP contribution in [0.3, 0.4) is 0 Å². The number of aryl methyl sites for hydroxylation is 1. The van der Waals surface area contributed by atoms with Crippen LogP contribution in [-0.4, -0.2) is 6.54 Å². The quantitative estimate of drug-likeness (QED) is 0.682. The lowest BCUT2D eigenvalue weighted by Crippen LogP contribution is -1.93. The van der Waals surface area contributed by atoms with E-state index in [0.717, 1.165) is 11.3 Å². The average molecular weight is 273 g/mol. The largest absolute Gasteiger partial charge is 0.320 e. The molecule has 92 valence electrons. The summed E-state index contributed by atoms with van der Waals surface area (Å²) in [5.74, 6) is 7.00. The summed E-state index contributed by atoms with van der Waals surface area (Å²) in [6.45, 7) is 2.54. The summed E-state index contributed by atoms with van der Waals surface area (Å²) >= 11 is 3.61.